The molecule has 0 aromatic heterocycles. The first-order valence-electron chi connectivity index (χ1n) is 14.0. The Bertz CT molecular complexity index is 1460. The summed E-state index contributed by atoms with van der Waals surface area (Å²) in [6.07, 6.45) is -3.11. The van der Waals surface area contributed by atoms with Gasteiger partial charge in [-0.05, 0) is 30.2 Å². The summed E-state index contributed by atoms with van der Waals surface area (Å²) < 4.78 is 15.0. The summed E-state index contributed by atoms with van der Waals surface area (Å²) in [5, 5.41) is 25.6. The number of hydrogen-bond acceptors (Lipinski definition) is 10. The van der Waals surface area contributed by atoms with Gasteiger partial charge >= 0.3 is 18.0 Å². The van der Waals surface area contributed by atoms with E-state index in [4.69, 9.17) is 19.6 Å². The number of aliphatic hydroxyl groups excluding tert-OH is 1. The summed E-state index contributed by atoms with van der Waals surface area (Å²) >= 11 is 0. The molecule has 2 atom stereocenters. The number of rotatable bonds is 14. The van der Waals surface area contributed by atoms with Crippen molar-refractivity contribution >= 4 is 35.7 Å². The monoisotopic (exact) mass is 618 g/mol. The van der Waals surface area contributed by atoms with Gasteiger partial charge in [0.2, 0.25) is 5.91 Å². The third kappa shape index (κ3) is 11.2. The lowest BCUT2D eigenvalue weighted by atomic mass is 10.1. The number of ether oxygens (including phenoxy) is 3. The molecule has 0 saturated carbocycles. The molecule has 13 heteroatoms. The fourth-order valence-corrected chi connectivity index (χ4v) is 3.81. The van der Waals surface area contributed by atoms with Crippen molar-refractivity contribution in [3.8, 4) is 0 Å². The Hall–Kier alpha value is -5.56. The minimum Gasteiger partial charge on any atom is -0.464 e. The normalized spacial score (nSPS) is 11.7. The summed E-state index contributed by atoms with van der Waals surface area (Å²) in [4.78, 5) is 61.8. The molecule has 0 aliphatic carbocycles. The highest BCUT2D eigenvalue weighted by molar-refractivity contribution is 6.05. The number of carbonyl (C=O) groups excluding carboxylic acids is 5. The van der Waals surface area contributed by atoms with E-state index in [1.165, 1.54) is 31.2 Å². The molecule has 1 unspecified atom stereocenters. The van der Waals surface area contributed by atoms with Crippen molar-refractivity contribution < 1.29 is 43.3 Å². The largest absolute Gasteiger partial charge is 0.464 e. The maximum atomic E-state index is 12.5. The van der Waals surface area contributed by atoms with Gasteiger partial charge in [0.25, 0.3) is 5.91 Å². The zero-order valence-corrected chi connectivity index (χ0v) is 24.5. The number of carbonyl (C=O) groups is 5. The van der Waals surface area contributed by atoms with E-state index in [9.17, 15) is 29.1 Å². The summed E-state index contributed by atoms with van der Waals surface area (Å²) in [6, 6.07) is 21.8. The molecule has 5 N–H and O–H groups in total. The lowest BCUT2D eigenvalue weighted by molar-refractivity contribution is -0.164. The molecule has 236 valence electrons. The highest BCUT2D eigenvalue weighted by Crippen LogP contribution is 2.08. The number of benzene rings is 3. The van der Waals surface area contributed by atoms with Gasteiger partial charge in [-0.25, -0.2) is 14.4 Å². The van der Waals surface area contributed by atoms with Crippen LogP contribution in [0.4, 0.5) is 4.79 Å². The maximum absolute atomic E-state index is 12.5. The molecule has 3 aromatic rings. The van der Waals surface area contributed by atoms with Crippen LogP contribution >= 0.6 is 0 Å². The van der Waals surface area contributed by atoms with Crippen LogP contribution < -0.4 is 16.0 Å². The topological polar surface area (TPSA) is 193 Å². The smallest absolute Gasteiger partial charge is 0.413 e. The molecule has 45 heavy (non-hydrogen) atoms. The molecule has 3 aromatic carbocycles. The van der Waals surface area contributed by atoms with Gasteiger partial charge in [0.05, 0.1) is 6.61 Å². The Kier molecular flexibility index (Phi) is 13.2. The molecule has 0 radical (unpaired) electrons. The van der Waals surface area contributed by atoms with E-state index in [1.54, 1.807) is 42.5 Å². The molecule has 0 heterocycles. The van der Waals surface area contributed by atoms with Gasteiger partial charge in [-0.1, -0.05) is 72.8 Å². The Morgan fingerprint density at radius 2 is 1.31 bits per heavy atom. The highest BCUT2D eigenvalue weighted by atomic mass is 16.6. The van der Waals surface area contributed by atoms with E-state index in [0.717, 1.165) is 5.56 Å². The summed E-state index contributed by atoms with van der Waals surface area (Å²) in [5.41, 5.74) is 2.00. The van der Waals surface area contributed by atoms with Crippen molar-refractivity contribution in [2.75, 3.05) is 13.2 Å². The molecule has 0 aliphatic rings. The number of amidine groups is 1. The maximum Gasteiger partial charge on any atom is 0.413 e. The second kappa shape index (κ2) is 17.5. The SMILES string of the molecule is CCOC(=O)[C@@H](NC(=O)CCNC(=O)c1ccc(C(=N)NC(=O)OCc2ccccc2)cc1)C(O)C(=O)OCc1ccccc1. The van der Waals surface area contributed by atoms with Crippen LogP contribution in [0.5, 0.6) is 0 Å². The van der Waals surface area contributed by atoms with Crippen molar-refractivity contribution in [2.45, 2.75) is 38.7 Å². The van der Waals surface area contributed by atoms with Crippen molar-refractivity contribution in [2.24, 2.45) is 0 Å². The van der Waals surface area contributed by atoms with Crippen LogP contribution in [0.3, 0.4) is 0 Å². The summed E-state index contributed by atoms with van der Waals surface area (Å²) in [7, 11) is 0. The van der Waals surface area contributed by atoms with Gasteiger partial charge in [0, 0.05) is 24.1 Å². The van der Waals surface area contributed by atoms with Crippen LogP contribution in [-0.4, -0.2) is 66.1 Å². The average Bonchev–Trinajstić information content (AvgIpc) is 3.05. The number of esters is 2. The number of aliphatic hydroxyl groups is 1. The number of hydrogen-bond donors (Lipinski definition) is 5. The number of amides is 3. The minimum absolute atomic E-state index is 0.0441. The predicted octanol–water partition coefficient (Wildman–Crippen LogP) is 2.21. The second-order valence-electron chi connectivity index (χ2n) is 9.48. The zero-order valence-electron chi connectivity index (χ0n) is 24.5. The van der Waals surface area contributed by atoms with E-state index in [0.29, 0.717) is 11.1 Å². The van der Waals surface area contributed by atoms with E-state index >= 15 is 0 Å². The fraction of sp³-hybridized carbons (Fsp3) is 0.250. The van der Waals surface area contributed by atoms with Crippen LogP contribution in [0, 0.1) is 5.41 Å². The van der Waals surface area contributed by atoms with Gasteiger partial charge in [0.1, 0.15) is 19.0 Å². The van der Waals surface area contributed by atoms with Gasteiger partial charge in [-0.15, -0.1) is 0 Å². The van der Waals surface area contributed by atoms with E-state index in [2.05, 4.69) is 16.0 Å². The molecule has 0 spiro atoms. The molecule has 13 nitrogen and oxygen atoms in total. The second-order valence-corrected chi connectivity index (χ2v) is 9.48. The van der Waals surface area contributed by atoms with Crippen molar-refractivity contribution in [1.29, 1.82) is 5.41 Å². The van der Waals surface area contributed by atoms with Gasteiger partial charge in [0.15, 0.2) is 12.1 Å². The Morgan fingerprint density at radius 1 is 0.756 bits per heavy atom. The first-order valence-corrected chi connectivity index (χ1v) is 14.0. The predicted molar refractivity (Wildman–Crippen MR) is 161 cm³/mol. The molecule has 0 saturated heterocycles. The van der Waals surface area contributed by atoms with Crippen LogP contribution in [-0.2, 0) is 41.8 Å². The van der Waals surface area contributed by atoms with Gasteiger partial charge in [-0.2, -0.15) is 0 Å². The van der Waals surface area contributed by atoms with Crippen LogP contribution in [0.15, 0.2) is 84.9 Å². The third-order valence-electron chi connectivity index (χ3n) is 6.15. The van der Waals surface area contributed by atoms with E-state index in [-0.39, 0.29) is 44.2 Å². The van der Waals surface area contributed by atoms with Gasteiger partial charge < -0.3 is 30.0 Å². The Morgan fingerprint density at radius 3 is 1.89 bits per heavy atom. The summed E-state index contributed by atoms with van der Waals surface area (Å²) in [5.74, 6) is -3.64. The van der Waals surface area contributed by atoms with Crippen LogP contribution in [0.1, 0.15) is 40.4 Å². The number of nitrogens with one attached hydrogen (secondary N) is 4. The average molecular weight is 619 g/mol. The number of alkyl carbamates (subject to hydrolysis) is 1. The quantitative estimate of drug-likeness (QED) is 0.0779. The van der Waals surface area contributed by atoms with Crippen molar-refractivity contribution in [1.82, 2.24) is 16.0 Å². The van der Waals surface area contributed by atoms with Crippen molar-refractivity contribution in [3.63, 3.8) is 0 Å². The standard InChI is InChI=1S/C32H34N4O9/c1-2-43-30(40)26(27(38)31(41)44-19-21-9-5-3-6-10-21)35-25(37)17-18-34-29(39)24-15-13-23(14-16-24)28(33)36-32(42)45-20-22-11-7-4-8-12-22/h3-16,26-27,38H,2,17-20H2,1H3,(H,34,39)(H,35,37)(H2,33,36,42)/t26-,27?/m0/s1. The lowest BCUT2D eigenvalue weighted by Crippen LogP contribution is -2.53. The molecule has 3 rings (SSSR count). The molecule has 0 aliphatic heterocycles. The van der Waals surface area contributed by atoms with E-state index in [1.807, 2.05) is 18.2 Å². The molecular weight excluding hydrogens is 584 g/mol. The van der Waals surface area contributed by atoms with Crippen LogP contribution in [0.25, 0.3) is 0 Å². The van der Waals surface area contributed by atoms with Gasteiger partial charge in [-0.3, -0.25) is 20.3 Å². The van der Waals surface area contributed by atoms with E-state index < -0.39 is 42.0 Å². The first-order chi connectivity index (χ1) is 21.7. The molecule has 0 bridgehead atoms. The summed E-state index contributed by atoms with van der Waals surface area (Å²) in [6.45, 7) is 1.23. The third-order valence-corrected chi connectivity index (χ3v) is 6.15. The molecule has 0 fully saturated rings. The molecular formula is C32H34N4O9. The van der Waals surface area contributed by atoms with Crippen LogP contribution in [0.2, 0.25) is 0 Å². The first kappa shape index (κ1) is 33.9. The fourth-order valence-electron chi connectivity index (χ4n) is 3.81. The van der Waals surface area contributed by atoms with Crippen molar-refractivity contribution in [3.05, 3.63) is 107 Å². The molecule has 3 amide bonds. The minimum atomic E-state index is -2.02. The Balaban J connectivity index is 1.45. The lowest BCUT2D eigenvalue weighted by Gasteiger charge is -2.21. The Labute approximate surface area is 259 Å². The zero-order chi connectivity index (χ0) is 32.6. The highest BCUT2D eigenvalue weighted by Gasteiger charge is 2.36.